The fourth-order valence-corrected chi connectivity index (χ4v) is 7.73. The predicted octanol–water partition coefficient (Wildman–Crippen LogP) is 6.71. The molecule has 4 atom stereocenters. The van der Waals surface area contributed by atoms with Crippen molar-refractivity contribution < 1.29 is 23.7 Å². The van der Waals surface area contributed by atoms with Crippen molar-refractivity contribution in [2.75, 3.05) is 44.7 Å². The SMILES string of the molecule is C=CC(=O)Nc1cc(C2N=Cc3cc(-c4c(Cl)c(OC)cc(OC)c4Cl)c4nccn4c3C2C)c(OC)cc1N1C[C@@H]2C[C@H]1CO2. The summed E-state index contributed by atoms with van der Waals surface area (Å²) in [5.74, 6) is 1.16. The topological polar surface area (TPSA) is 98.9 Å². The van der Waals surface area contributed by atoms with Gasteiger partial charge in [0.2, 0.25) is 5.91 Å². The van der Waals surface area contributed by atoms with Gasteiger partial charge in [-0.1, -0.05) is 36.7 Å². The third-order valence-corrected chi connectivity index (χ3v) is 9.93. The average molecular weight is 663 g/mol. The molecule has 4 aromatic rings. The zero-order chi connectivity index (χ0) is 32.3. The molecular weight excluding hydrogens is 629 g/mol. The number of aliphatic imine (C=N–C) groups is 1. The molecule has 1 amide bonds. The Morgan fingerprint density at radius 1 is 1.09 bits per heavy atom. The molecule has 0 saturated carbocycles. The number of pyridine rings is 1. The van der Waals surface area contributed by atoms with Crippen LogP contribution in [0.1, 0.15) is 42.1 Å². The van der Waals surface area contributed by atoms with Crippen molar-refractivity contribution >= 4 is 52.3 Å². The van der Waals surface area contributed by atoms with E-state index in [1.165, 1.54) is 6.08 Å². The lowest BCUT2D eigenvalue weighted by Gasteiger charge is -2.33. The highest BCUT2D eigenvalue weighted by Crippen LogP contribution is 2.50. The van der Waals surface area contributed by atoms with Crippen molar-refractivity contribution in [3.8, 4) is 28.4 Å². The van der Waals surface area contributed by atoms with Gasteiger partial charge in [0.25, 0.3) is 0 Å². The van der Waals surface area contributed by atoms with E-state index in [0.717, 1.165) is 35.5 Å². The molecule has 10 nitrogen and oxygen atoms in total. The zero-order valence-corrected chi connectivity index (χ0v) is 27.4. The first-order valence-corrected chi connectivity index (χ1v) is 15.7. The molecule has 1 N–H and O–H groups in total. The number of ether oxygens (including phenoxy) is 4. The Balaban J connectivity index is 1.35. The van der Waals surface area contributed by atoms with E-state index in [1.807, 2.05) is 35.0 Å². The molecule has 3 aliphatic rings. The van der Waals surface area contributed by atoms with Crippen molar-refractivity contribution in [3.63, 3.8) is 0 Å². The van der Waals surface area contributed by atoms with Gasteiger partial charge in [0.15, 0.2) is 0 Å². The number of rotatable bonds is 8. The summed E-state index contributed by atoms with van der Waals surface area (Å²) < 4.78 is 24.9. The van der Waals surface area contributed by atoms with Crippen molar-refractivity contribution in [1.82, 2.24) is 9.38 Å². The molecule has 2 aromatic heterocycles. The molecule has 12 heteroatoms. The van der Waals surface area contributed by atoms with Crippen LogP contribution in [0, 0.1) is 0 Å². The lowest BCUT2D eigenvalue weighted by Crippen LogP contribution is -2.37. The number of imidazole rings is 1. The second-order valence-electron chi connectivity index (χ2n) is 11.6. The van der Waals surface area contributed by atoms with Crippen LogP contribution in [0.15, 0.2) is 54.3 Å². The molecule has 2 fully saturated rings. The second-order valence-corrected chi connectivity index (χ2v) is 12.4. The maximum absolute atomic E-state index is 12.6. The predicted molar refractivity (Wildman–Crippen MR) is 180 cm³/mol. The number of carbonyl (C=O) groups excluding carboxylic acids is 1. The fourth-order valence-electron chi connectivity index (χ4n) is 7.02. The Kier molecular flexibility index (Phi) is 7.83. The number of amides is 1. The number of nitrogens with zero attached hydrogens (tertiary/aromatic N) is 4. The van der Waals surface area contributed by atoms with Crippen molar-refractivity contribution in [3.05, 3.63) is 76.2 Å². The summed E-state index contributed by atoms with van der Waals surface area (Å²) in [6.07, 6.45) is 7.94. The molecule has 7 rings (SSSR count). The summed E-state index contributed by atoms with van der Waals surface area (Å²) >= 11 is 13.7. The Hall–Kier alpha value is -4.25. The van der Waals surface area contributed by atoms with E-state index in [1.54, 1.807) is 33.6 Å². The van der Waals surface area contributed by atoms with Gasteiger partial charge in [0, 0.05) is 71.2 Å². The van der Waals surface area contributed by atoms with E-state index < -0.39 is 0 Å². The number of nitrogens with one attached hydrogen (secondary N) is 1. The number of fused-ring (bicyclic) bond motifs is 5. The van der Waals surface area contributed by atoms with Gasteiger partial charge in [-0.25, -0.2) is 4.98 Å². The molecule has 46 heavy (non-hydrogen) atoms. The van der Waals surface area contributed by atoms with Crippen LogP contribution in [0.25, 0.3) is 16.8 Å². The fraction of sp³-hybridized carbons (Fsp3) is 0.324. The number of hydrogen-bond donors (Lipinski definition) is 1. The maximum Gasteiger partial charge on any atom is 0.247 e. The standard InChI is InChI=1S/C34H33Cl2N5O5/c1-6-28(42)39-23-11-21(25(43-3)12-24(23)41-15-20-10-19(41)16-46-20)32-17(2)33-18(14-38-32)9-22(34-37-7-8-40(33)34)29-30(35)26(44-4)13-27(45-5)31(29)36/h6-9,11-14,17,19-20,32H,1,10,15-16H2,2-5H3,(H,39,42)/t17?,19-,20-,32?/m0/s1. The smallest absolute Gasteiger partial charge is 0.247 e. The van der Waals surface area contributed by atoms with E-state index >= 15 is 0 Å². The van der Waals surface area contributed by atoms with E-state index in [4.69, 9.17) is 52.1 Å². The minimum Gasteiger partial charge on any atom is -0.496 e. The van der Waals surface area contributed by atoms with Gasteiger partial charge < -0.3 is 33.6 Å². The van der Waals surface area contributed by atoms with Crippen molar-refractivity contribution in [1.29, 1.82) is 0 Å². The van der Waals surface area contributed by atoms with E-state index in [-0.39, 0.29) is 30.0 Å². The number of halogens is 2. The Bertz CT molecular complexity index is 1900. The van der Waals surface area contributed by atoms with Gasteiger partial charge in [-0.2, -0.15) is 0 Å². The first-order valence-electron chi connectivity index (χ1n) is 14.9. The summed E-state index contributed by atoms with van der Waals surface area (Å²) in [7, 11) is 4.75. The molecule has 2 unspecified atom stereocenters. The summed E-state index contributed by atoms with van der Waals surface area (Å²) in [5, 5.41) is 3.74. The third kappa shape index (κ3) is 4.78. The minimum absolute atomic E-state index is 0.115. The Morgan fingerprint density at radius 3 is 2.46 bits per heavy atom. The zero-order valence-electron chi connectivity index (χ0n) is 25.8. The molecule has 5 heterocycles. The van der Waals surface area contributed by atoms with E-state index in [0.29, 0.717) is 56.4 Å². The van der Waals surface area contributed by atoms with Crippen molar-refractivity contribution in [2.24, 2.45) is 4.99 Å². The molecule has 0 radical (unpaired) electrons. The van der Waals surface area contributed by atoms with Gasteiger partial charge in [0.05, 0.1) is 67.5 Å². The first kappa shape index (κ1) is 30.4. The van der Waals surface area contributed by atoms with Crippen LogP contribution in [0.4, 0.5) is 11.4 Å². The summed E-state index contributed by atoms with van der Waals surface area (Å²) in [6.45, 7) is 7.19. The molecule has 3 aliphatic heterocycles. The van der Waals surface area contributed by atoms with Gasteiger partial charge in [-0.15, -0.1) is 0 Å². The molecular formula is C34H33Cl2N5O5. The number of hydrogen-bond acceptors (Lipinski definition) is 8. The molecule has 0 aliphatic carbocycles. The lowest BCUT2D eigenvalue weighted by atomic mass is 9.85. The van der Waals surface area contributed by atoms with Gasteiger partial charge >= 0.3 is 0 Å². The second kappa shape index (κ2) is 11.8. The number of aromatic nitrogens is 2. The third-order valence-electron chi connectivity index (χ3n) is 9.18. The van der Waals surface area contributed by atoms with Gasteiger partial charge in [-0.3, -0.25) is 9.79 Å². The molecule has 2 saturated heterocycles. The highest BCUT2D eigenvalue weighted by Gasteiger charge is 2.41. The van der Waals surface area contributed by atoms with E-state index in [2.05, 4.69) is 23.7 Å². The molecule has 238 valence electrons. The number of anilines is 2. The van der Waals surface area contributed by atoms with Gasteiger partial charge in [-0.05, 0) is 24.6 Å². The van der Waals surface area contributed by atoms with Gasteiger partial charge in [0.1, 0.15) is 22.9 Å². The number of carbonyl (C=O) groups is 1. The van der Waals surface area contributed by atoms with Crippen LogP contribution in [0.3, 0.4) is 0 Å². The Morgan fingerprint density at radius 2 is 1.83 bits per heavy atom. The van der Waals surface area contributed by atoms with Crippen LogP contribution >= 0.6 is 23.2 Å². The summed E-state index contributed by atoms with van der Waals surface area (Å²) in [6, 6.07) is 7.57. The first-order chi connectivity index (χ1) is 22.3. The van der Waals surface area contributed by atoms with Crippen LogP contribution in [0.5, 0.6) is 17.2 Å². The Labute approximate surface area is 276 Å². The maximum atomic E-state index is 12.6. The summed E-state index contributed by atoms with van der Waals surface area (Å²) in [4.78, 5) is 24.7. The molecule has 2 aromatic carbocycles. The van der Waals surface area contributed by atoms with Crippen LogP contribution in [0.2, 0.25) is 10.0 Å². The molecule has 0 spiro atoms. The summed E-state index contributed by atoms with van der Waals surface area (Å²) in [5.41, 5.74) is 6.27. The van der Waals surface area contributed by atoms with Crippen LogP contribution in [-0.2, 0) is 9.53 Å². The quantitative estimate of drug-likeness (QED) is 0.210. The van der Waals surface area contributed by atoms with Crippen LogP contribution in [-0.4, -0.2) is 68.1 Å². The van der Waals surface area contributed by atoms with Crippen LogP contribution < -0.4 is 24.4 Å². The average Bonchev–Trinajstić information content (AvgIpc) is 3.83. The number of methoxy groups -OCH3 is 3. The molecule has 2 bridgehead atoms. The van der Waals surface area contributed by atoms with E-state index in [9.17, 15) is 4.79 Å². The minimum atomic E-state index is -0.324. The highest BCUT2D eigenvalue weighted by molar-refractivity contribution is 6.41. The normalized spacial score (nSPS) is 21.4. The monoisotopic (exact) mass is 661 g/mol. The number of morpholine rings is 1. The van der Waals surface area contributed by atoms with Crippen molar-refractivity contribution in [2.45, 2.75) is 37.5 Å². The highest BCUT2D eigenvalue weighted by atomic mass is 35.5. The largest absolute Gasteiger partial charge is 0.496 e. The number of benzene rings is 2. The lowest BCUT2D eigenvalue weighted by molar-refractivity contribution is -0.111.